The molecule has 0 saturated carbocycles. The highest BCUT2D eigenvalue weighted by molar-refractivity contribution is 8.00. The molecule has 6 N–H and O–H groups in total. The monoisotopic (exact) mass is 1090 g/mol. The Bertz CT molecular complexity index is 2390. The number of likely N-dealkylation sites (N-methyl/N-ethyl adjacent to an activating group) is 2. The number of fused-ring (bicyclic) bond motifs is 4. The summed E-state index contributed by atoms with van der Waals surface area (Å²) in [7, 11) is 3.64. The fraction of sp³-hybridized carbons (Fsp3) is 0.630. The maximum absolute atomic E-state index is 14.9. The molecule has 0 aromatic heterocycles. The predicted molar refractivity (Wildman–Crippen MR) is 298 cm³/mol. The number of rotatable bonds is 12. The maximum Gasteiger partial charge on any atom is 0.246 e. The van der Waals surface area contributed by atoms with Crippen molar-refractivity contribution in [3.63, 3.8) is 0 Å². The molecule has 20 heteroatoms. The number of nitrogens with zero attached hydrogens (tertiary/aromatic N) is 4. The van der Waals surface area contributed by atoms with Gasteiger partial charge in [0.05, 0.1) is 56.7 Å². The van der Waals surface area contributed by atoms with Crippen LogP contribution in [-0.4, -0.2) is 164 Å². The molecule has 400 valence electrons. The molecule has 6 amide bonds. The minimum Gasteiger partial charge on any atom is -0.367 e. The van der Waals surface area contributed by atoms with E-state index < -0.39 is 58.9 Å². The van der Waals surface area contributed by atoms with Crippen molar-refractivity contribution in [1.29, 1.82) is 0 Å². The number of nitrogens with one attached hydrogen (secondary N) is 6. The Balaban J connectivity index is 0.880. The molecule has 9 rings (SSSR count). The maximum atomic E-state index is 14.9. The summed E-state index contributed by atoms with van der Waals surface area (Å²) < 4.78 is 0. The summed E-state index contributed by atoms with van der Waals surface area (Å²) in [5.41, 5.74) is 2.71. The van der Waals surface area contributed by atoms with Gasteiger partial charge in [0.15, 0.2) is 0 Å². The summed E-state index contributed by atoms with van der Waals surface area (Å²) in [6, 6.07) is 11.6. The first-order valence-electron chi connectivity index (χ1n) is 26.4. The molecule has 0 spiro atoms. The molecule has 5 heterocycles. The Morgan fingerprint density at radius 3 is 1.32 bits per heavy atom. The molecule has 2 aliphatic carbocycles. The largest absolute Gasteiger partial charge is 0.367 e. The molecule has 7 aliphatic rings. The van der Waals surface area contributed by atoms with E-state index in [1.165, 1.54) is 0 Å². The molecular formula is C54H74N10O6S4. The van der Waals surface area contributed by atoms with Crippen LogP contribution < -0.4 is 31.9 Å². The lowest BCUT2D eigenvalue weighted by Gasteiger charge is -2.39. The number of hydrogen-bond acceptors (Lipinski definition) is 12. The Morgan fingerprint density at radius 2 is 0.959 bits per heavy atom. The zero-order valence-electron chi connectivity index (χ0n) is 43.9. The van der Waals surface area contributed by atoms with Crippen LogP contribution in [0.2, 0.25) is 0 Å². The zero-order valence-corrected chi connectivity index (χ0v) is 47.2. The summed E-state index contributed by atoms with van der Waals surface area (Å²) in [6.45, 7) is 13.3. The average molecular weight is 1090 g/mol. The Labute approximate surface area is 455 Å². The number of carbonyl (C=O) groups excluding carboxylic acids is 6. The molecule has 5 saturated heterocycles. The van der Waals surface area contributed by atoms with Crippen LogP contribution in [0.1, 0.15) is 102 Å². The molecule has 2 aromatic carbocycles. The normalized spacial score (nSPS) is 30.7. The quantitative estimate of drug-likeness (QED) is 0.169. The van der Waals surface area contributed by atoms with Crippen molar-refractivity contribution in [3.05, 3.63) is 70.8 Å². The summed E-state index contributed by atoms with van der Waals surface area (Å²) in [6.07, 6.45) is 3.38. The Hall–Kier alpha value is -4.34. The van der Waals surface area contributed by atoms with E-state index in [2.05, 4.69) is 31.9 Å². The van der Waals surface area contributed by atoms with Gasteiger partial charge in [-0.2, -0.15) is 0 Å². The molecule has 0 bridgehead atoms. The topological polar surface area (TPSA) is 188 Å². The highest BCUT2D eigenvalue weighted by Gasteiger charge is 2.57. The third-order valence-electron chi connectivity index (χ3n) is 17.0. The van der Waals surface area contributed by atoms with Crippen molar-refractivity contribution in [1.82, 2.24) is 51.5 Å². The van der Waals surface area contributed by atoms with E-state index in [0.29, 0.717) is 74.7 Å². The standard InChI is InChI=1S/C54H74N10O6S4/c1-29(55-7)47(71)57-37-17-23-73-39-27-53(3,4)43(63(39)51(37)69)45(65)59-41-33-15-11-9-13-31(33)25-35(41)49(67)61-19-21-62(22-20-61)50(68)36-26-32-14-10-12-16-34(32)42(36)60-46(66)44-54(5,6)28-40-64(44)52(70)38(18-24-74-40)58-48(72)30(2)56-8/h9-16,29-30,35-44,55-56H,17-28H2,1-8H3,(H,57,71)(H,58,72)(H,59,65)(H,60,66)/t29-,30-,35+,36+,37-,38?,39-,40?,41-,42-,43+,44?/m0/s1. The second-order valence-corrected chi connectivity index (χ2v) is 26.1. The van der Waals surface area contributed by atoms with Gasteiger partial charge in [-0.05, 0) is 111 Å². The van der Waals surface area contributed by atoms with Crippen molar-refractivity contribution in [2.24, 2.45) is 22.7 Å². The summed E-state index contributed by atoms with van der Waals surface area (Å²) in [5, 5.41) is 19.2. The second kappa shape index (κ2) is 22.0. The minimum atomic E-state index is -0.762. The first kappa shape index (κ1) is 54.4. The van der Waals surface area contributed by atoms with Gasteiger partial charge in [-0.1, -0.05) is 101 Å². The first-order valence-corrected chi connectivity index (χ1v) is 29.3. The minimum absolute atomic E-state index is 0.0899. The SMILES string of the molecule is CN[C@@H](C)C(=S)NC1CCSC2CC(C)(C)C(C(=O)N[C@H]3c4ccccc4C[C@H]3C(=O)N3CCN(C(=O)[C@@H]4Cc5ccccc5[C@@H]4NC(=O)[C@H]4N5C(=O)[C@@H](NC(=S)[C@H](C)NC)CCS[C@H]5CC4(C)C)CC3)N2C1=O. The number of thioether (sulfide) groups is 2. The van der Waals surface area contributed by atoms with E-state index in [-0.39, 0.29) is 58.3 Å². The van der Waals surface area contributed by atoms with E-state index in [1.807, 2.05) is 114 Å². The summed E-state index contributed by atoms with van der Waals surface area (Å²) in [4.78, 5) is 96.6. The van der Waals surface area contributed by atoms with Crippen molar-refractivity contribution >= 4 is 93.4 Å². The van der Waals surface area contributed by atoms with Crippen molar-refractivity contribution < 1.29 is 28.8 Å². The zero-order chi connectivity index (χ0) is 53.0. The average Bonchev–Trinajstić information content (AvgIpc) is 4.04. The fourth-order valence-corrected chi connectivity index (χ4v) is 16.3. The number of benzene rings is 2. The molecule has 16 nitrogen and oxygen atoms in total. The van der Waals surface area contributed by atoms with Gasteiger partial charge in [0.25, 0.3) is 0 Å². The van der Waals surface area contributed by atoms with Crippen LogP contribution in [0.4, 0.5) is 0 Å². The van der Waals surface area contributed by atoms with Crippen LogP contribution in [-0.2, 0) is 41.6 Å². The van der Waals surface area contributed by atoms with Gasteiger partial charge in [0.2, 0.25) is 35.4 Å². The molecule has 5 aliphatic heterocycles. The third kappa shape index (κ3) is 10.4. The highest BCUT2D eigenvalue weighted by atomic mass is 32.2. The smallest absolute Gasteiger partial charge is 0.246 e. The fourth-order valence-electron chi connectivity index (χ4n) is 12.6. The van der Waals surface area contributed by atoms with E-state index >= 15 is 0 Å². The number of piperazine rings is 1. The lowest BCUT2D eigenvalue weighted by Crippen LogP contribution is -2.59. The van der Waals surface area contributed by atoms with Gasteiger partial charge < -0.3 is 51.5 Å². The lowest BCUT2D eigenvalue weighted by molar-refractivity contribution is -0.146. The summed E-state index contributed by atoms with van der Waals surface area (Å²) in [5.74, 6) is -0.684. The summed E-state index contributed by atoms with van der Waals surface area (Å²) >= 11 is 14.7. The van der Waals surface area contributed by atoms with Gasteiger partial charge in [-0.25, -0.2) is 0 Å². The van der Waals surface area contributed by atoms with Gasteiger partial charge >= 0.3 is 0 Å². The van der Waals surface area contributed by atoms with Crippen LogP contribution in [0.25, 0.3) is 0 Å². The molecular weight excluding hydrogens is 1010 g/mol. The van der Waals surface area contributed by atoms with E-state index in [1.54, 1.807) is 33.3 Å². The Kier molecular flexibility index (Phi) is 16.2. The van der Waals surface area contributed by atoms with Crippen LogP contribution in [0, 0.1) is 22.7 Å². The molecule has 5 fully saturated rings. The highest BCUT2D eigenvalue weighted by Crippen LogP contribution is 2.49. The number of amides is 6. The van der Waals surface area contributed by atoms with Gasteiger partial charge in [-0.3, -0.25) is 28.8 Å². The van der Waals surface area contributed by atoms with Crippen LogP contribution >= 0.6 is 48.0 Å². The molecule has 2 aromatic rings. The molecule has 0 radical (unpaired) electrons. The predicted octanol–water partition coefficient (Wildman–Crippen LogP) is 3.68. The van der Waals surface area contributed by atoms with Crippen LogP contribution in [0.15, 0.2) is 48.5 Å². The molecule has 3 unspecified atom stereocenters. The van der Waals surface area contributed by atoms with Gasteiger partial charge in [0, 0.05) is 26.2 Å². The second-order valence-electron chi connectivity index (χ2n) is 22.7. The van der Waals surface area contributed by atoms with Gasteiger partial charge in [-0.15, -0.1) is 23.5 Å². The van der Waals surface area contributed by atoms with Gasteiger partial charge in [0.1, 0.15) is 24.2 Å². The first-order chi connectivity index (χ1) is 35.2. The number of thiocarbonyl (C=S) groups is 2. The van der Waals surface area contributed by atoms with Crippen LogP contribution in [0.5, 0.6) is 0 Å². The lowest BCUT2D eigenvalue weighted by atomic mass is 9.83. The molecule has 12 atom stereocenters. The van der Waals surface area contributed by atoms with E-state index in [0.717, 1.165) is 33.8 Å². The van der Waals surface area contributed by atoms with Crippen molar-refractivity contribution in [2.45, 2.75) is 139 Å². The van der Waals surface area contributed by atoms with E-state index in [9.17, 15) is 28.8 Å². The van der Waals surface area contributed by atoms with E-state index in [4.69, 9.17) is 24.4 Å². The molecule has 74 heavy (non-hydrogen) atoms. The van der Waals surface area contributed by atoms with Crippen molar-refractivity contribution in [3.8, 4) is 0 Å². The van der Waals surface area contributed by atoms with Crippen LogP contribution in [0.3, 0.4) is 0 Å². The van der Waals surface area contributed by atoms with Crippen molar-refractivity contribution in [2.75, 3.05) is 51.8 Å². The third-order valence-corrected chi connectivity index (χ3v) is 20.4. The Morgan fingerprint density at radius 1 is 0.595 bits per heavy atom. The number of hydrogen-bond donors (Lipinski definition) is 6. The number of carbonyl (C=O) groups is 6.